The van der Waals surface area contributed by atoms with E-state index in [0.717, 1.165) is 10.9 Å². The van der Waals surface area contributed by atoms with Gasteiger partial charge in [-0.05, 0) is 42.5 Å². The minimum Gasteiger partial charge on any atom is -0.463 e. The summed E-state index contributed by atoms with van der Waals surface area (Å²) >= 11 is 11.4. The molecule has 0 saturated heterocycles. The van der Waals surface area contributed by atoms with E-state index in [1.165, 1.54) is 103 Å². The molecule has 180 valence electrons. The molecule has 0 atom stereocenters. The van der Waals surface area contributed by atoms with Gasteiger partial charge >= 0.3 is 6.01 Å². The molecule has 1 aromatic rings. The molecule has 0 radical (unpaired) electrons. The molecule has 1 rings (SSSR count). The van der Waals surface area contributed by atoms with Crippen LogP contribution in [0.4, 0.5) is 0 Å². The summed E-state index contributed by atoms with van der Waals surface area (Å²) < 4.78 is 6.57. The Kier molecular flexibility index (Phi) is 16.3. The Morgan fingerprint density at radius 2 is 0.903 bits per heavy atom. The van der Waals surface area contributed by atoms with Crippen LogP contribution in [-0.2, 0) is 0 Å². The van der Waals surface area contributed by atoms with Crippen molar-refractivity contribution in [3.8, 4) is 6.01 Å². The van der Waals surface area contributed by atoms with E-state index in [9.17, 15) is 0 Å². The van der Waals surface area contributed by atoms with E-state index in [1.807, 2.05) is 0 Å². The first kappa shape index (κ1) is 28.4. The molecule has 31 heavy (non-hydrogen) atoms. The largest absolute Gasteiger partial charge is 0.463 e. The smallest absolute Gasteiger partial charge is 0.322 e. The highest BCUT2D eigenvalue weighted by Gasteiger charge is 2.05. The molecule has 0 aliphatic carbocycles. The van der Waals surface area contributed by atoms with Gasteiger partial charge in [0.15, 0.2) is 0 Å². The second-order valence-electron chi connectivity index (χ2n) is 9.68. The Morgan fingerprint density at radius 3 is 1.29 bits per heavy atom. The number of hydrogen-bond donors (Lipinski definition) is 0. The molecule has 7 heteroatoms. The van der Waals surface area contributed by atoms with Crippen molar-refractivity contribution < 1.29 is 9.22 Å². The molecule has 0 bridgehead atoms. The maximum absolute atomic E-state index is 5.72. The zero-order valence-electron chi connectivity index (χ0n) is 20.2. The second-order valence-corrected chi connectivity index (χ2v) is 10.4. The van der Waals surface area contributed by atoms with E-state index in [0.29, 0.717) is 6.61 Å². The molecule has 0 aliphatic rings. The number of quaternary nitrogens is 1. The molecular weight excluding hydrogens is 431 g/mol. The van der Waals surface area contributed by atoms with Crippen LogP contribution in [0.3, 0.4) is 0 Å². The van der Waals surface area contributed by atoms with Crippen molar-refractivity contribution in [3.63, 3.8) is 0 Å². The van der Waals surface area contributed by atoms with Crippen molar-refractivity contribution in [1.82, 2.24) is 15.0 Å². The SMILES string of the molecule is C[N+](C)(C)CCCCCCCCCCCCCCCCCCOc1nc(Cl)nc(Cl)n1. The maximum atomic E-state index is 5.72. The number of nitrogens with zero attached hydrogens (tertiary/aromatic N) is 4. The topological polar surface area (TPSA) is 47.9 Å². The van der Waals surface area contributed by atoms with Gasteiger partial charge in [0.2, 0.25) is 10.6 Å². The van der Waals surface area contributed by atoms with E-state index >= 15 is 0 Å². The summed E-state index contributed by atoms with van der Waals surface area (Å²) in [5.74, 6) is 0. The summed E-state index contributed by atoms with van der Waals surface area (Å²) in [5, 5.41) is 0.133. The fourth-order valence-electron chi connectivity index (χ4n) is 3.70. The summed E-state index contributed by atoms with van der Waals surface area (Å²) in [4.78, 5) is 11.5. The highest BCUT2D eigenvalue weighted by atomic mass is 35.5. The van der Waals surface area contributed by atoms with Gasteiger partial charge in [-0.25, -0.2) is 0 Å². The van der Waals surface area contributed by atoms with Crippen LogP contribution in [0.1, 0.15) is 103 Å². The summed E-state index contributed by atoms with van der Waals surface area (Å²) in [7, 11) is 6.85. The fraction of sp³-hybridized carbons (Fsp3) is 0.875. The molecular formula is C24H45Cl2N4O+. The van der Waals surface area contributed by atoms with Crippen molar-refractivity contribution in [2.24, 2.45) is 0 Å². The van der Waals surface area contributed by atoms with E-state index < -0.39 is 0 Å². The van der Waals surface area contributed by atoms with Crippen molar-refractivity contribution in [3.05, 3.63) is 10.6 Å². The van der Waals surface area contributed by atoms with Gasteiger partial charge in [-0.2, -0.15) is 15.0 Å². The van der Waals surface area contributed by atoms with E-state index in [-0.39, 0.29) is 16.6 Å². The van der Waals surface area contributed by atoms with Crippen LogP contribution in [0, 0.1) is 0 Å². The molecule has 1 aromatic heterocycles. The van der Waals surface area contributed by atoms with E-state index in [4.69, 9.17) is 27.9 Å². The maximum Gasteiger partial charge on any atom is 0.322 e. The van der Waals surface area contributed by atoms with Gasteiger partial charge in [0.05, 0.1) is 34.3 Å². The van der Waals surface area contributed by atoms with Gasteiger partial charge in [0.1, 0.15) is 0 Å². The van der Waals surface area contributed by atoms with Crippen molar-refractivity contribution in [2.75, 3.05) is 34.3 Å². The van der Waals surface area contributed by atoms with Gasteiger partial charge < -0.3 is 9.22 Å². The monoisotopic (exact) mass is 475 g/mol. The highest BCUT2D eigenvalue weighted by molar-refractivity contribution is 6.31. The van der Waals surface area contributed by atoms with Crippen LogP contribution < -0.4 is 4.74 Å². The number of aromatic nitrogens is 3. The minimum absolute atomic E-state index is 0.0663. The summed E-state index contributed by atoms with van der Waals surface area (Å²) in [6.07, 6.45) is 21.6. The van der Waals surface area contributed by atoms with E-state index in [2.05, 4.69) is 36.1 Å². The molecule has 0 fully saturated rings. The van der Waals surface area contributed by atoms with Crippen LogP contribution in [0.25, 0.3) is 0 Å². The molecule has 0 N–H and O–H groups in total. The van der Waals surface area contributed by atoms with Crippen LogP contribution in [-0.4, -0.2) is 53.7 Å². The quantitative estimate of drug-likeness (QED) is 0.144. The lowest BCUT2D eigenvalue weighted by atomic mass is 10.0. The van der Waals surface area contributed by atoms with Crippen LogP contribution in [0.2, 0.25) is 10.6 Å². The molecule has 0 saturated carbocycles. The number of rotatable bonds is 20. The zero-order valence-corrected chi connectivity index (χ0v) is 21.7. The predicted molar refractivity (Wildman–Crippen MR) is 132 cm³/mol. The van der Waals surface area contributed by atoms with Gasteiger partial charge in [0, 0.05) is 0 Å². The molecule has 1 heterocycles. The first-order chi connectivity index (χ1) is 14.9. The summed E-state index contributed by atoms with van der Waals surface area (Å²) in [5.41, 5.74) is 0. The predicted octanol–water partition coefficient (Wildman–Crippen LogP) is 7.51. The molecule has 0 unspecified atom stereocenters. The molecule has 5 nitrogen and oxygen atoms in total. The fourth-order valence-corrected chi connectivity index (χ4v) is 4.05. The Morgan fingerprint density at radius 1 is 0.548 bits per heavy atom. The normalized spacial score (nSPS) is 11.8. The number of unbranched alkanes of at least 4 members (excludes halogenated alkanes) is 15. The average Bonchev–Trinajstić information content (AvgIpc) is 2.68. The molecule has 0 aliphatic heterocycles. The third kappa shape index (κ3) is 18.6. The van der Waals surface area contributed by atoms with E-state index in [1.54, 1.807) is 0 Å². The first-order valence-corrected chi connectivity index (χ1v) is 13.1. The Hall–Kier alpha value is -0.650. The lowest BCUT2D eigenvalue weighted by molar-refractivity contribution is -0.870. The first-order valence-electron chi connectivity index (χ1n) is 12.4. The van der Waals surface area contributed by atoms with Gasteiger partial charge in [0.25, 0.3) is 0 Å². The summed E-state index contributed by atoms with van der Waals surface area (Å²) in [6.45, 7) is 1.90. The zero-order chi connectivity index (χ0) is 22.8. The minimum atomic E-state index is 0.0663. The number of hydrogen-bond acceptors (Lipinski definition) is 4. The lowest BCUT2D eigenvalue weighted by Gasteiger charge is -2.23. The molecule has 0 amide bonds. The van der Waals surface area contributed by atoms with Crippen LogP contribution in [0.5, 0.6) is 6.01 Å². The van der Waals surface area contributed by atoms with Gasteiger partial charge in [-0.15, -0.1) is 0 Å². The molecule has 0 spiro atoms. The van der Waals surface area contributed by atoms with Crippen molar-refractivity contribution >= 4 is 23.2 Å². The third-order valence-electron chi connectivity index (χ3n) is 5.51. The molecule has 0 aromatic carbocycles. The average molecular weight is 477 g/mol. The third-order valence-corrected chi connectivity index (χ3v) is 5.85. The highest BCUT2D eigenvalue weighted by Crippen LogP contribution is 2.15. The lowest BCUT2D eigenvalue weighted by Crippen LogP contribution is -2.35. The Labute approximate surface area is 200 Å². The summed E-state index contributed by atoms with van der Waals surface area (Å²) in [6, 6.07) is 0.209. The Bertz CT molecular complexity index is 547. The van der Waals surface area contributed by atoms with Crippen LogP contribution >= 0.6 is 23.2 Å². The number of halogens is 2. The van der Waals surface area contributed by atoms with Crippen molar-refractivity contribution in [2.45, 2.75) is 103 Å². The van der Waals surface area contributed by atoms with Gasteiger partial charge in [-0.3, -0.25) is 0 Å². The second kappa shape index (κ2) is 17.9. The van der Waals surface area contributed by atoms with Crippen molar-refractivity contribution in [1.29, 1.82) is 0 Å². The van der Waals surface area contributed by atoms with Gasteiger partial charge in [-0.1, -0.05) is 83.5 Å². The number of ether oxygens (including phenoxy) is 1. The van der Waals surface area contributed by atoms with Crippen LogP contribution in [0.15, 0.2) is 0 Å². The Balaban J connectivity index is 1.75. The standard InChI is InChI=1S/C24H45Cl2N4O/c1-30(2,3)20-18-16-14-12-10-8-6-4-5-7-9-11-13-15-17-19-21-31-24-28-22(25)27-23(26)29-24/h4-21H2,1-3H3/q+1.